The molecule has 0 radical (unpaired) electrons. The summed E-state index contributed by atoms with van der Waals surface area (Å²) in [5, 5.41) is 5.57. The van der Waals surface area contributed by atoms with Gasteiger partial charge < -0.3 is 4.74 Å². The monoisotopic (exact) mass is 487 g/mol. The van der Waals surface area contributed by atoms with Gasteiger partial charge in [0, 0.05) is 10.9 Å². The third-order valence-electron chi connectivity index (χ3n) is 4.98. The van der Waals surface area contributed by atoms with E-state index in [2.05, 4.69) is 21.0 Å². The molecule has 0 N–H and O–H groups in total. The van der Waals surface area contributed by atoms with Crippen molar-refractivity contribution in [2.75, 3.05) is 19.4 Å². The Balaban J connectivity index is 1.63. The van der Waals surface area contributed by atoms with Crippen LogP contribution < -0.4 is 4.74 Å². The summed E-state index contributed by atoms with van der Waals surface area (Å²) >= 11 is 4.33. The highest BCUT2D eigenvalue weighted by molar-refractivity contribution is 9.10. The predicted molar refractivity (Wildman–Crippen MR) is 117 cm³/mol. The Morgan fingerprint density at radius 1 is 1.17 bits per heavy atom. The first-order valence-corrected chi connectivity index (χ1v) is 11.0. The van der Waals surface area contributed by atoms with Crippen molar-refractivity contribution in [2.24, 2.45) is 5.10 Å². The first-order valence-electron chi connectivity index (χ1n) is 9.23. The largest absolute Gasteiger partial charge is 0.497 e. The number of halogens is 1. The fourth-order valence-corrected chi connectivity index (χ4v) is 4.37. The zero-order valence-electron chi connectivity index (χ0n) is 16.1. The minimum atomic E-state index is -0.398. The van der Waals surface area contributed by atoms with E-state index in [9.17, 15) is 14.4 Å². The van der Waals surface area contributed by atoms with Gasteiger partial charge >= 0.3 is 0 Å². The number of thioether (sulfide) groups is 1. The van der Waals surface area contributed by atoms with Crippen LogP contribution in [0, 0.1) is 0 Å². The van der Waals surface area contributed by atoms with E-state index in [0.717, 1.165) is 38.0 Å². The maximum Gasteiger partial charge on any atom is 0.289 e. The molecule has 1 atom stereocenters. The van der Waals surface area contributed by atoms with Gasteiger partial charge in [-0.2, -0.15) is 5.10 Å². The van der Waals surface area contributed by atoms with Crippen LogP contribution in [-0.2, 0) is 9.59 Å². The number of hydrogen-bond donors (Lipinski definition) is 0. The number of rotatable bonds is 5. The van der Waals surface area contributed by atoms with Crippen LogP contribution >= 0.6 is 27.7 Å². The molecule has 0 aliphatic carbocycles. The summed E-state index contributed by atoms with van der Waals surface area (Å²) in [6.45, 7) is -0.311. The molecule has 1 unspecified atom stereocenters. The fraction of sp³-hybridized carbons (Fsp3) is 0.238. The summed E-state index contributed by atoms with van der Waals surface area (Å²) in [5.74, 6) is 0.0401. The van der Waals surface area contributed by atoms with Crippen molar-refractivity contribution >= 4 is 50.5 Å². The van der Waals surface area contributed by atoms with Crippen LogP contribution in [0.2, 0.25) is 0 Å². The van der Waals surface area contributed by atoms with Crippen LogP contribution in [0.15, 0.2) is 58.1 Å². The Labute approximate surface area is 186 Å². The lowest BCUT2D eigenvalue weighted by Gasteiger charge is -2.24. The molecule has 2 heterocycles. The number of carbonyl (C=O) groups excluding carboxylic acids is 3. The molecule has 0 saturated carbocycles. The third kappa shape index (κ3) is 4.13. The minimum absolute atomic E-state index is 0.0709. The van der Waals surface area contributed by atoms with E-state index >= 15 is 0 Å². The van der Waals surface area contributed by atoms with Gasteiger partial charge in [-0.1, -0.05) is 52.0 Å². The second kappa shape index (κ2) is 8.61. The van der Waals surface area contributed by atoms with Crippen LogP contribution in [0.4, 0.5) is 4.79 Å². The highest BCUT2D eigenvalue weighted by atomic mass is 79.9. The zero-order chi connectivity index (χ0) is 21.3. The quantitative estimate of drug-likeness (QED) is 0.640. The van der Waals surface area contributed by atoms with E-state index in [-0.39, 0.29) is 24.2 Å². The molecule has 3 amide bonds. The lowest BCUT2D eigenvalue weighted by Crippen LogP contribution is -2.40. The van der Waals surface area contributed by atoms with Gasteiger partial charge in [-0.25, -0.2) is 5.01 Å². The molecule has 2 aromatic rings. The van der Waals surface area contributed by atoms with Crippen molar-refractivity contribution < 1.29 is 19.1 Å². The summed E-state index contributed by atoms with van der Waals surface area (Å²) in [4.78, 5) is 37.9. The summed E-state index contributed by atoms with van der Waals surface area (Å²) < 4.78 is 6.17. The first kappa shape index (κ1) is 20.6. The summed E-state index contributed by atoms with van der Waals surface area (Å²) in [6.07, 6.45) is 0.524. The molecule has 154 valence electrons. The standard InChI is InChI=1S/C21H18BrN3O4S/c1-29-16-8-4-14(5-9-16)18-10-17(13-2-6-15(22)7-3-13)23-25(18)19(26)11-24-20(27)12-30-21(24)28/h2-9,18H,10-12H2,1H3. The summed E-state index contributed by atoms with van der Waals surface area (Å²) in [5.41, 5.74) is 2.58. The molecular weight excluding hydrogens is 470 g/mol. The molecule has 0 aromatic heterocycles. The van der Waals surface area contributed by atoms with E-state index in [4.69, 9.17) is 4.74 Å². The van der Waals surface area contributed by atoms with Gasteiger partial charge in [-0.3, -0.25) is 19.3 Å². The van der Waals surface area contributed by atoms with Gasteiger partial charge in [0.2, 0.25) is 5.91 Å². The Morgan fingerprint density at radius 2 is 1.87 bits per heavy atom. The van der Waals surface area contributed by atoms with E-state index in [0.29, 0.717) is 12.2 Å². The van der Waals surface area contributed by atoms with Crippen molar-refractivity contribution in [1.82, 2.24) is 9.91 Å². The first-order chi connectivity index (χ1) is 14.5. The van der Waals surface area contributed by atoms with Crippen molar-refractivity contribution in [3.05, 3.63) is 64.1 Å². The Kier molecular flexibility index (Phi) is 5.92. The number of carbonyl (C=O) groups is 3. The minimum Gasteiger partial charge on any atom is -0.497 e. The number of hydrazone groups is 1. The molecule has 0 spiro atoms. The molecule has 9 heteroatoms. The smallest absolute Gasteiger partial charge is 0.289 e. The summed E-state index contributed by atoms with van der Waals surface area (Å²) in [6, 6.07) is 14.8. The molecule has 2 aliphatic rings. The van der Waals surface area contributed by atoms with Gasteiger partial charge in [0.25, 0.3) is 11.1 Å². The molecule has 2 aliphatic heterocycles. The molecule has 30 heavy (non-hydrogen) atoms. The number of imide groups is 1. The lowest BCUT2D eigenvalue weighted by atomic mass is 9.98. The fourth-order valence-electron chi connectivity index (χ4n) is 3.38. The second-order valence-electron chi connectivity index (χ2n) is 6.82. The van der Waals surface area contributed by atoms with Gasteiger partial charge in [-0.15, -0.1) is 0 Å². The van der Waals surface area contributed by atoms with Crippen LogP contribution in [0.3, 0.4) is 0 Å². The van der Waals surface area contributed by atoms with Gasteiger partial charge in [0.05, 0.1) is 24.6 Å². The van der Waals surface area contributed by atoms with E-state index in [1.54, 1.807) is 7.11 Å². The highest BCUT2D eigenvalue weighted by Crippen LogP contribution is 2.34. The van der Waals surface area contributed by atoms with Crippen LogP contribution in [0.25, 0.3) is 0 Å². The number of nitrogens with zero attached hydrogens (tertiary/aromatic N) is 3. The number of methoxy groups -OCH3 is 1. The zero-order valence-corrected chi connectivity index (χ0v) is 18.5. The van der Waals surface area contributed by atoms with E-state index in [1.165, 1.54) is 5.01 Å². The van der Waals surface area contributed by atoms with Crippen LogP contribution in [0.1, 0.15) is 23.6 Å². The number of hydrogen-bond acceptors (Lipinski definition) is 6. The Morgan fingerprint density at radius 3 is 2.47 bits per heavy atom. The van der Waals surface area contributed by atoms with Crippen LogP contribution in [-0.4, -0.2) is 52.1 Å². The topological polar surface area (TPSA) is 79.3 Å². The van der Waals surface area contributed by atoms with Crippen molar-refractivity contribution in [2.45, 2.75) is 12.5 Å². The molecule has 2 aromatic carbocycles. The van der Waals surface area contributed by atoms with Gasteiger partial charge in [0.1, 0.15) is 12.3 Å². The number of amides is 3. The molecular formula is C21H18BrN3O4S. The molecule has 7 nitrogen and oxygen atoms in total. The van der Waals surface area contributed by atoms with Crippen LogP contribution in [0.5, 0.6) is 5.75 Å². The number of ether oxygens (including phenoxy) is 1. The average Bonchev–Trinajstić information content (AvgIpc) is 3.34. The maximum atomic E-state index is 13.1. The highest BCUT2D eigenvalue weighted by Gasteiger charge is 2.37. The van der Waals surface area contributed by atoms with Gasteiger partial charge in [0.15, 0.2) is 0 Å². The van der Waals surface area contributed by atoms with E-state index in [1.807, 2.05) is 48.5 Å². The van der Waals surface area contributed by atoms with E-state index < -0.39 is 11.1 Å². The lowest BCUT2D eigenvalue weighted by molar-refractivity contribution is -0.137. The Hall–Kier alpha value is -2.65. The predicted octanol–water partition coefficient (Wildman–Crippen LogP) is 3.83. The number of benzene rings is 2. The molecule has 0 bridgehead atoms. The van der Waals surface area contributed by atoms with Gasteiger partial charge in [-0.05, 0) is 35.4 Å². The maximum absolute atomic E-state index is 13.1. The van der Waals surface area contributed by atoms with Crippen molar-refractivity contribution in [3.63, 3.8) is 0 Å². The Bertz CT molecular complexity index is 1010. The summed E-state index contributed by atoms with van der Waals surface area (Å²) in [7, 11) is 1.59. The van der Waals surface area contributed by atoms with Crippen molar-refractivity contribution in [3.8, 4) is 5.75 Å². The average molecular weight is 488 g/mol. The third-order valence-corrected chi connectivity index (χ3v) is 6.37. The second-order valence-corrected chi connectivity index (χ2v) is 8.66. The molecule has 4 rings (SSSR count). The normalized spacial score (nSPS) is 18.7. The van der Waals surface area contributed by atoms with Crippen molar-refractivity contribution in [1.29, 1.82) is 0 Å². The SMILES string of the molecule is COc1ccc(C2CC(c3ccc(Br)cc3)=NN2C(=O)CN2C(=O)CSC2=O)cc1. The molecule has 1 fully saturated rings. The molecule has 1 saturated heterocycles.